The zero-order chi connectivity index (χ0) is 14.8. The summed E-state index contributed by atoms with van der Waals surface area (Å²) in [5.41, 5.74) is 0. The van der Waals surface area contributed by atoms with Crippen molar-refractivity contribution in [1.29, 1.82) is 0 Å². The molecule has 0 heterocycles. The Labute approximate surface area is 133 Å². The maximum atomic E-state index is 11.6. The van der Waals surface area contributed by atoms with Gasteiger partial charge in [-0.2, -0.15) is 0 Å². The highest BCUT2D eigenvalue weighted by atomic mass is 35.5. The van der Waals surface area contributed by atoms with E-state index in [1.807, 2.05) is 0 Å². The molecular formula is C13H18Cl2N2O2S. The van der Waals surface area contributed by atoms with Gasteiger partial charge in [-0.1, -0.05) is 23.2 Å². The van der Waals surface area contributed by atoms with Gasteiger partial charge in [0.25, 0.3) is 0 Å². The summed E-state index contributed by atoms with van der Waals surface area (Å²) >= 11 is 13.3. The van der Waals surface area contributed by atoms with Gasteiger partial charge in [0.15, 0.2) is 0 Å². The smallest absolute Gasteiger partial charge is 0.230 e. The molecule has 0 atom stereocenters. The molecule has 0 aliphatic heterocycles. The van der Waals surface area contributed by atoms with Crippen LogP contribution in [-0.4, -0.2) is 45.0 Å². The summed E-state index contributed by atoms with van der Waals surface area (Å²) in [6.45, 7) is 2.75. The predicted molar refractivity (Wildman–Crippen MR) is 84.9 cm³/mol. The number of benzene rings is 1. The summed E-state index contributed by atoms with van der Waals surface area (Å²) < 4.78 is 4.90. The standard InChI is InChI=1S/C13H18Cl2N2O2S/c1-19-7-6-16-4-5-17-13(18)9-20-12-8-10(14)2-3-11(12)15/h2-3,8,16H,4-7,9H2,1H3,(H,17,18). The van der Waals surface area contributed by atoms with Crippen LogP contribution in [0.5, 0.6) is 0 Å². The number of nitrogens with one attached hydrogen (secondary N) is 2. The van der Waals surface area contributed by atoms with Crippen molar-refractivity contribution in [2.75, 3.05) is 39.1 Å². The zero-order valence-electron chi connectivity index (χ0n) is 11.2. The SMILES string of the molecule is COCCNCCNC(=O)CSc1cc(Cl)ccc1Cl. The van der Waals surface area contributed by atoms with Crippen LogP contribution in [0.15, 0.2) is 23.1 Å². The molecule has 0 bridgehead atoms. The second kappa shape index (κ2) is 10.3. The lowest BCUT2D eigenvalue weighted by molar-refractivity contribution is -0.118. The maximum absolute atomic E-state index is 11.6. The molecule has 0 aliphatic carbocycles. The largest absolute Gasteiger partial charge is 0.383 e. The van der Waals surface area contributed by atoms with Crippen LogP contribution in [0.3, 0.4) is 0 Å². The molecule has 0 aromatic heterocycles. The van der Waals surface area contributed by atoms with E-state index < -0.39 is 0 Å². The Morgan fingerprint density at radius 2 is 2.10 bits per heavy atom. The van der Waals surface area contributed by atoms with Crippen LogP contribution < -0.4 is 10.6 Å². The molecule has 0 saturated carbocycles. The van der Waals surface area contributed by atoms with Gasteiger partial charge in [0.1, 0.15) is 0 Å². The number of methoxy groups -OCH3 is 1. The molecule has 0 fully saturated rings. The van der Waals surface area contributed by atoms with E-state index in [1.54, 1.807) is 25.3 Å². The van der Waals surface area contributed by atoms with Crippen LogP contribution in [0.2, 0.25) is 10.0 Å². The molecule has 0 spiro atoms. The first-order valence-electron chi connectivity index (χ1n) is 6.17. The molecule has 7 heteroatoms. The number of carbonyl (C=O) groups is 1. The number of hydrogen-bond donors (Lipinski definition) is 2. The third-order valence-electron chi connectivity index (χ3n) is 2.36. The second-order valence-corrected chi connectivity index (χ2v) is 5.82. The normalized spacial score (nSPS) is 10.6. The van der Waals surface area contributed by atoms with Crippen LogP contribution in [0.1, 0.15) is 0 Å². The van der Waals surface area contributed by atoms with E-state index in [-0.39, 0.29) is 5.91 Å². The van der Waals surface area contributed by atoms with Crippen molar-refractivity contribution in [3.05, 3.63) is 28.2 Å². The number of thioether (sulfide) groups is 1. The van der Waals surface area contributed by atoms with E-state index in [0.717, 1.165) is 18.0 Å². The zero-order valence-corrected chi connectivity index (χ0v) is 13.6. The fourth-order valence-electron chi connectivity index (χ4n) is 1.37. The van der Waals surface area contributed by atoms with Crippen molar-refractivity contribution in [2.24, 2.45) is 0 Å². The Morgan fingerprint density at radius 1 is 1.30 bits per heavy atom. The lowest BCUT2D eigenvalue weighted by atomic mass is 10.4. The van der Waals surface area contributed by atoms with E-state index in [0.29, 0.717) is 28.9 Å². The highest BCUT2D eigenvalue weighted by molar-refractivity contribution is 8.00. The highest BCUT2D eigenvalue weighted by Gasteiger charge is 2.06. The van der Waals surface area contributed by atoms with Gasteiger partial charge in [-0.15, -0.1) is 11.8 Å². The Kier molecular flexibility index (Phi) is 9.05. The van der Waals surface area contributed by atoms with Gasteiger partial charge < -0.3 is 15.4 Å². The molecule has 0 aliphatic rings. The molecule has 20 heavy (non-hydrogen) atoms. The lowest BCUT2D eigenvalue weighted by Gasteiger charge is -2.07. The number of hydrogen-bond acceptors (Lipinski definition) is 4. The molecule has 1 amide bonds. The first kappa shape index (κ1) is 17.6. The summed E-state index contributed by atoms with van der Waals surface area (Å²) in [4.78, 5) is 12.5. The van der Waals surface area contributed by atoms with Gasteiger partial charge >= 0.3 is 0 Å². The third-order valence-corrected chi connectivity index (χ3v) is 4.09. The third kappa shape index (κ3) is 7.36. The van der Waals surface area contributed by atoms with Gasteiger partial charge in [0, 0.05) is 36.7 Å². The van der Waals surface area contributed by atoms with Crippen LogP contribution in [-0.2, 0) is 9.53 Å². The topological polar surface area (TPSA) is 50.4 Å². The minimum Gasteiger partial charge on any atom is -0.383 e. The second-order valence-electron chi connectivity index (χ2n) is 3.96. The van der Waals surface area contributed by atoms with E-state index in [9.17, 15) is 4.79 Å². The average molecular weight is 337 g/mol. The molecule has 0 radical (unpaired) electrons. The first-order chi connectivity index (χ1) is 9.63. The first-order valence-corrected chi connectivity index (χ1v) is 7.92. The number of rotatable bonds is 9. The minimum absolute atomic E-state index is 0.0282. The Morgan fingerprint density at radius 3 is 2.85 bits per heavy atom. The summed E-state index contributed by atoms with van der Waals surface area (Å²) in [5, 5.41) is 7.19. The van der Waals surface area contributed by atoms with Gasteiger partial charge in [0.05, 0.1) is 17.4 Å². The van der Waals surface area contributed by atoms with Crippen molar-refractivity contribution >= 4 is 40.9 Å². The van der Waals surface area contributed by atoms with Crippen molar-refractivity contribution in [3.63, 3.8) is 0 Å². The van der Waals surface area contributed by atoms with Crippen molar-refractivity contribution in [1.82, 2.24) is 10.6 Å². The molecule has 2 N–H and O–H groups in total. The van der Waals surface area contributed by atoms with Crippen LogP contribution in [0, 0.1) is 0 Å². The van der Waals surface area contributed by atoms with E-state index in [1.165, 1.54) is 11.8 Å². The maximum Gasteiger partial charge on any atom is 0.230 e. The Bertz CT molecular complexity index is 433. The molecule has 1 aromatic carbocycles. The predicted octanol–water partition coefficient (Wildman–Crippen LogP) is 2.44. The quantitative estimate of drug-likeness (QED) is 0.537. The summed E-state index contributed by atoms with van der Waals surface area (Å²) in [6, 6.07) is 5.21. The minimum atomic E-state index is -0.0282. The van der Waals surface area contributed by atoms with Gasteiger partial charge in [-0.25, -0.2) is 0 Å². The fraction of sp³-hybridized carbons (Fsp3) is 0.462. The van der Waals surface area contributed by atoms with E-state index in [4.69, 9.17) is 27.9 Å². The molecule has 1 rings (SSSR count). The van der Waals surface area contributed by atoms with Crippen molar-refractivity contribution < 1.29 is 9.53 Å². The van der Waals surface area contributed by atoms with E-state index in [2.05, 4.69) is 10.6 Å². The monoisotopic (exact) mass is 336 g/mol. The number of carbonyl (C=O) groups excluding carboxylic acids is 1. The van der Waals surface area contributed by atoms with Crippen molar-refractivity contribution in [2.45, 2.75) is 4.90 Å². The van der Waals surface area contributed by atoms with Gasteiger partial charge in [-0.3, -0.25) is 4.79 Å². The molecule has 0 unspecified atom stereocenters. The molecule has 0 saturated heterocycles. The number of amides is 1. The molecule has 112 valence electrons. The number of halogens is 2. The van der Waals surface area contributed by atoms with E-state index >= 15 is 0 Å². The van der Waals surface area contributed by atoms with Crippen LogP contribution in [0.4, 0.5) is 0 Å². The lowest BCUT2D eigenvalue weighted by Crippen LogP contribution is -2.33. The summed E-state index contributed by atoms with van der Waals surface area (Å²) in [6.07, 6.45) is 0. The van der Waals surface area contributed by atoms with Crippen LogP contribution in [0.25, 0.3) is 0 Å². The molecule has 4 nitrogen and oxygen atoms in total. The Balaban J connectivity index is 2.18. The molecular weight excluding hydrogens is 319 g/mol. The van der Waals surface area contributed by atoms with Crippen molar-refractivity contribution in [3.8, 4) is 0 Å². The fourth-order valence-corrected chi connectivity index (χ4v) is 2.69. The van der Waals surface area contributed by atoms with Gasteiger partial charge in [-0.05, 0) is 18.2 Å². The number of ether oxygens (including phenoxy) is 1. The highest BCUT2D eigenvalue weighted by Crippen LogP contribution is 2.29. The summed E-state index contributed by atoms with van der Waals surface area (Å²) in [7, 11) is 1.65. The van der Waals surface area contributed by atoms with Gasteiger partial charge in [0.2, 0.25) is 5.91 Å². The average Bonchev–Trinajstić information content (AvgIpc) is 2.43. The summed E-state index contributed by atoms with van der Waals surface area (Å²) in [5.74, 6) is 0.289. The molecule has 1 aromatic rings. The van der Waals surface area contributed by atoms with Crippen LogP contribution >= 0.6 is 35.0 Å². The Hall–Kier alpha value is -0.460.